The summed E-state index contributed by atoms with van der Waals surface area (Å²) in [5.74, 6) is 0.647. The number of rotatable bonds is 4. The summed E-state index contributed by atoms with van der Waals surface area (Å²) in [6, 6.07) is 14.5. The first-order chi connectivity index (χ1) is 11.8. The van der Waals surface area contributed by atoms with Gasteiger partial charge in [-0.2, -0.15) is 0 Å². The van der Waals surface area contributed by atoms with Crippen molar-refractivity contribution in [3.63, 3.8) is 0 Å². The molecule has 0 amide bonds. The van der Waals surface area contributed by atoms with Crippen LogP contribution in [-0.4, -0.2) is 48.2 Å². The fraction of sp³-hybridized carbons (Fsp3) is 0.333. The monoisotopic (exact) mass is 340 g/mol. The van der Waals surface area contributed by atoms with Crippen LogP contribution in [0.3, 0.4) is 0 Å². The molecule has 1 aliphatic rings. The normalized spacial score (nSPS) is 15.8. The number of hydrogen-bond acceptors (Lipinski definition) is 6. The van der Waals surface area contributed by atoms with Crippen molar-refractivity contribution in [3.8, 4) is 5.88 Å². The zero-order chi connectivity index (χ0) is 16.4. The van der Waals surface area contributed by atoms with E-state index in [0.717, 1.165) is 48.1 Å². The number of ether oxygens (including phenoxy) is 1. The largest absolute Gasteiger partial charge is 0.481 e. The van der Waals surface area contributed by atoms with Crippen molar-refractivity contribution in [1.82, 2.24) is 14.9 Å². The van der Waals surface area contributed by atoms with Gasteiger partial charge in [0.15, 0.2) is 0 Å². The molecule has 0 radical (unpaired) electrons. The van der Waals surface area contributed by atoms with Gasteiger partial charge in [-0.1, -0.05) is 29.5 Å². The van der Waals surface area contributed by atoms with Gasteiger partial charge in [-0.3, -0.25) is 4.90 Å². The molecule has 0 N–H and O–H groups in total. The Morgan fingerprint density at radius 3 is 2.54 bits per heavy atom. The molecule has 0 spiro atoms. The lowest BCUT2D eigenvalue weighted by Gasteiger charge is -2.35. The van der Waals surface area contributed by atoms with Gasteiger partial charge in [-0.15, -0.1) is 0 Å². The van der Waals surface area contributed by atoms with Crippen LogP contribution in [0.1, 0.15) is 5.01 Å². The molecule has 1 saturated heterocycles. The number of pyridine rings is 1. The lowest BCUT2D eigenvalue weighted by molar-refractivity contribution is 0.249. The number of anilines is 1. The Balaban J connectivity index is 1.40. The lowest BCUT2D eigenvalue weighted by atomic mass is 10.2. The third-order valence-electron chi connectivity index (χ3n) is 4.34. The van der Waals surface area contributed by atoms with Crippen molar-refractivity contribution in [2.45, 2.75) is 6.54 Å². The number of benzene rings is 1. The maximum atomic E-state index is 5.19. The van der Waals surface area contributed by atoms with Gasteiger partial charge in [0, 0.05) is 37.9 Å². The van der Waals surface area contributed by atoms with E-state index in [1.807, 2.05) is 12.1 Å². The molecule has 4 rings (SSSR count). The van der Waals surface area contributed by atoms with Crippen LogP contribution in [-0.2, 0) is 6.54 Å². The van der Waals surface area contributed by atoms with Crippen LogP contribution in [0.4, 0.5) is 5.69 Å². The van der Waals surface area contributed by atoms with Crippen LogP contribution in [0.25, 0.3) is 10.3 Å². The Bertz CT molecular complexity index is 812. The molecule has 1 aromatic carbocycles. The highest BCUT2D eigenvalue weighted by molar-refractivity contribution is 7.18. The molecule has 0 aliphatic carbocycles. The summed E-state index contributed by atoms with van der Waals surface area (Å²) < 4.78 is 5.19. The number of methoxy groups -OCH3 is 1. The summed E-state index contributed by atoms with van der Waals surface area (Å²) in [5.41, 5.74) is 2.27. The highest BCUT2D eigenvalue weighted by atomic mass is 32.1. The molecule has 3 aromatic rings. The van der Waals surface area contributed by atoms with Crippen molar-refractivity contribution in [2.24, 2.45) is 0 Å². The van der Waals surface area contributed by atoms with E-state index in [1.165, 1.54) is 5.69 Å². The van der Waals surface area contributed by atoms with E-state index in [4.69, 9.17) is 9.72 Å². The Morgan fingerprint density at radius 1 is 1.00 bits per heavy atom. The Labute approximate surface area is 145 Å². The smallest absolute Gasteiger partial charge is 0.214 e. The number of thiazole rings is 1. The molecular formula is C18H20N4OS. The van der Waals surface area contributed by atoms with E-state index < -0.39 is 0 Å². The number of fused-ring (bicyclic) bond motifs is 1. The summed E-state index contributed by atoms with van der Waals surface area (Å²) in [7, 11) is 1.64. The van der Waals surface area contributed by atoms with Crippen molar-refractivity contribution >= 4 is 27.4 Å². The van der Waals surface area contributed by atoms with Crippen LogP contribution in [0, 0.1) is 0 Å². The fourth-order valence-corrected chi connectivity index (χ4v) is 3.99. The molecule has 2 aromatic heterocycles. The van der Waals surface area contributed by atoms with Gasteiger partial charge in [-0.05, 0) is 18.2 Å². The number of nitrogens with zero attached hydrogens (tertiary/aromatic N) is 4. The molecule has 1 fully saturated rings. The van der Waals surface area contributed by atoms with E-state index in [-0.39, 0.29) is 0 Å². The van der Waals surface area contributed by atoms with E-state index in [2.05, 4.69) is 45.1 Å². The predicted octanol–water partition coefficient (Wildman–Crippen LogP) is 3.02. The second-order valence-corrected chi connectivity index (χ2v) is 6.95. The highest BCUT2D eigenvalue weighted by Crippen LogP contribution is 2.24. The van der Waals surface area contributed by atoms with Gasteiger partial charge in [0.05, 0.1) is 13.7 Å². The van der Waals surface area contributed by atoms with E-state index in [0.29, 0.717) is 5.88 Å². The summed E-state index contributed by atoms with van der Waals surface area (Å²) in [6.45, 7) is 5.12. The van der Waals surface area contributed by atoms with Crippen LogP contribution in [0.5, 0.6) is 5.88 Å². The summed E-state index contributed by atoms with van der Waals surface area (Å²) >= 11 is 1.66. The molecule has 24 heavy (non-hydrogen) atoms. The van der Waals surface area contributed by atoms with Crippen LogP contribution >= 0.6 is 11.3 Å². The van der Waals surface area contributed by atoms with Crippen molar-refractivity contribution in [2.75, 3.05) is 38.2 Å². The molecule has 3 heterocycles. The van der Waals surface area contributed by atoms with Crippen molar-refractivity contribution in [3.05, 3.63) is 47.5 Å². The SMILES string of the molecule is COc1ccc2nc(CN3CCN(c4ccccc4)CC3)sc2n1. The molecule has 5 nitrogen and oxygen atoms in total. The molecule has 6 heteroatoms. The molecule has 0 saturated carbocycles. The maximum Gasteiger partial charge on any atom is 0.214 e. The zero-order valence-electron chi connectivity index (χ0n) is 13.7. The molecule has 0 unspecified atom stereocenters. The minimum Gasteiger partial charge on any atom is -0.481 e. The minimum absolute atomic E-state index is 0.647. The number of para-hydroxylation sites is 1. The first-order valence-corrected chi connectivity index (χ1v) is 8.96. The summed E-state index contributed by atoms with van der Waals surface area (Å²) in [4.78, 5) is 15.0. The molecule has 1 aliphatic heterocycles. The summed E-state index contributed by atoms with van der Waals surface area (Å²) in [5, 5.41) is 1.12. The first-order valence-electron chi connectivity index (χ1n) is 8.14. The minimum atomic E-state index is 0.647. The number of piperazine rings is 1. The van der Waals surface area contributed by atoms with Crippen LogP contribution in [0.15, 0.2) is 42.5 Å². The van der Waals surface area contributed by atoms with Gasteiger partial charge in [0.2, 0.25) is 5.88 Å². The van der Waals surface area contributed by atoms with E-state index >= 15 is 0 Å². The van der Waals surface area contributed by atoms with Gasteiger partial charge in [-0.25, -0.2) is 9.97 Å². The second-order valence-electron chi connectivity index (χ2n) is 5.88. The molecule has 0 bridgehead atoms. The predicted molar refractivity (Wildman–Crippen MR) is 97.9 cm³/mol. The summed E-state index contributed by atoms with van der Waals surface area (Å²) in [6.07, 6.45) is 0. The quantitative estimate of drug-likeness (QED) is 0.730. The van der Waals surface area contributed by atoms with Gasteiger partial charge >= 0.3 is 0 Å². The molecule has 124 valence electrons. The van der Waals surface area contributed by atoms with Crippen LogP contribution < -0.4 is 9.64 Å². The fourth-order valence-electron chi connectivity index (χ4n) is 3.02. The van der Waals surface area contributed by atoms with Gasteiger partial charge < -0.3 is 9.64 Å². The highest BCUT2D eigenvalue weighted by Gasteiger charge is 2.18. The van der Waals surface area contributed by atoms with Crippen molar-refractivity contribution in [1.29, 1.82) is 0 Å². The third-order valence-corrected chi connectivity index (χ3v) is 5.29. The maximum absolute atomic E-state index is 5.19. The Kier molecular flexibility index (Phi) is 4.32. The van der Waals surface area contributed by atoms with E-state index in [1.54, 1.807) is 18.4 Å². The number of aromatic nitrogens is 2. The average Bonchev–Trinajstić information content (AvgIpc) is 3.04. The van der Waals surface area contributed by atoms with Gasteiger partial charge in [0.25, 0.3) is 0 Å². The third kappa shape index (κ3) is 3.20. The number of hydrogen-bond donors (Lipinski definition) is 0. The standard InChI is InChI=1S/C18H20N4OS/c1-23-16-8-7-15-18(20-16)24-17(19-15)13-21-9-11-22(12-10-21)14-5-3-2-4-6-14/h2-8H,9-13H2,1H3. The Hall–Kier alpha value is -2.18. The molecule has 0 atom stereocenters. The molecular weight excluding hydrogens is 320 g/mol. The second kappa shape index (κ2) is 6.75. The Morgan fingerprint density at radius 2 is 1.79 bits per heavy atom. The average molecular weight is 340 g/mol. The first kappa shape index (κ1) is 15.4. The van der Waals surface area contributed by atoms with Crippen LogP contribution in [0.2, 0.25) is 0 Å². The van der Waals surface area contributed by atoms with Crippen molar-refractivity contribution < 1.29 is 4.74 Å². The van der Waals surface area contributed by atoms with E-state index in [9.17, 15) is 0 Å². The zero-order valence-corrected chi connectivity index (χ0v) is 14.5. The topological polar surface area (TPSA) is 41.5 Å². The lowest BCUT2D eigenvalue weighted by Crippen LogP contribution is -2.45. The van der Waals surface area contributed by atoms with Gasteiger partial charge in [0.1, 0.15) is 15.4 Å².